The minimum atomic E-state index is 0.0547. The molecule has 0 aliphatic heterocycles. The molecule has 5 N–H and O–H groups in total. The molecule has 19 heavy (non-hydrogen) atoms. The number of aromatic nitrogens is 3. The average Bonchev–Trinajstić information content (AvgIpc) is 2.85. The van der Waals surface area contributed by atoms with E-state index in [1.165, 1.54) is 0 Å². The first-order valence-corrected chi connectivity index (χ1v) is 5.60. The van der Waals surface area contributed by atoms with Crippen LogP contribution in [0.5, 0.6) is 0 Å². The van der Waals surface area contributed by atoms with Crippen LogP contribution in [-0.2, 0) is 0 Å². The Balaban J connectivity index is 2.39. The fourth-order valence-electron chi connectivity index (χ4n) is 2.09. The van der Waals surface area contributed by atoms with Gasteiger partial charge in [0.05, 0.1) is 5.69 Å². The Morgan fingerprint density at radius 2 is 2.00 bits per heavy atom. The van der Waals surface area contributed by atoms with Crippen molar-refractivity contribution in [1.82, 2.24) is 15.0 Å². The molecule has 0 radical (unpaired) electrons. The first kappa shape index (κ1) is 11.0. The number of nitrogen functional groups attached to an aromatic ring is 2. The van der Waals surface area contributed by atoms with Gasteiger partial charge >= 0.3 is 0 Å². The smallest absolute Gasteiger partial charge is 0.222 e. The maximum Gasteiger partial charge on any atom is 0.222 e. The zero-order chi connectivity index (χ0) is 13.4. The molecule has 0 fully saturated rings. The van der Waals surface area contributed by atoms with E-state index in [0.29, 0.717) is 5.69 Å². The van der Waals surface area contributed by atoms with Gasteiger partial charge in [0, 0.05) is 22.7 Å². The number of nitriles is 1. The van der Waals surface area contributed by atoms with Crippen LogP contribution >= 0.6 is 0 Å². The highest BCUT2D eigenvalue weighted by Crippen LogP contribution is 2.31. The summed E-state index contributed by atoms with van der Waals surface area (Å²) in [4.78, 5) is 11.1. The van der Waals surface area contributed by atoms with E-state index < -0.39 is 0 Å². The quantitative estimate of drug-likeness (QED) is 0.607. The molecule has 2 aromatic heterocycles. The molecule has 0 atom stereocenters. The summed E-state index contributed by atoms with van der Waals surface area (Å²) in [6.07, 6.45) is 1.83. The maximum atomic E-state index is 9.22. The van der Waals surface area contributed by atoms with Gasteiger partial charge in [0.15, 0.2) is 0 Å². The molecule has 0 saturated carbocycles. The largest absolute Gasteiger partial charge is 0.382 e. The molecule has 0 spiro atoms. The van der Waals surface area contributed by atoms with Crippen LogP contribution in [0.25, 0.3) is 22.2 Å². The molecule has 0 saturated heterocycles. The highest BCUT2D eigenvalue weighted by atomic mass is 15.0. The molecule has 3 rings (SSSR count). The Morgan fingerprint density at radius 1 is 1.16 bits per heavy atom. The second kappa shape index (κ2) is 3.99. The summed E-state index contributed by atoms with van der Waals surface area (Å²) in [6, 6.07) is 9.64. The molecule has 0 amide bonds. The monoisotopic (exact) mass is 250 g/mol. The summed E-state index contributed by atoms with van der Waals surface area (Å²) in [7, 11) is 0. The van der Waals surface area contributed by atoms with E-state index >= 15 is 0 Å². The Bertz CT molecular complexity index is 812. The van der Waals surface area contributed by atoms with E-state index in [0.717, 1.165) is 16.5 Å². The molecule has 2 heterocycles. The van der Waals surface area contributed by atoms with Crippen molar-refractivity contribution in [2.75, 3.05) is 11.5 Å². The lowest BCUT2D eigenvalue weighted by molar-refractivity contribution is 1.18. The van der Waals surface area contributed by atoms with Crippen LogP contribution in [0.15, 0.2) is 30.5 Å². The van der Waals surface area contributed by atoms with E-state index in [-0.39, 0.29) is 17.3 Å². The number of aromatic amines is 1. The summed E-state index contributed by atoms with van der Waals surface area (Å²) in [5.74, 6) is 0.150. The van der Waals surface area contributed by atoms with Crippen LogP contribution in [0.1, 0.15) is 5.56 Å². The van der Waals surface area contributed by atoms with E-state index in [1.54, 1.807) is 0 Å². The fourth-order valence-corrected chi connectivity index (χ4v) is 2.09. The van der Waals surface area contributed by atoms with Crippen molar-refractivity contribution in [3.63, 3.8) is 0 Å². The molecule has 0 bridgehead atoms. The van der Waals surface area contributed by atoms with Crippen LogP contribution in [0, 0.1) is 11.3 Å². The van der Waals surface area contributed by atoms with Crippen molar-refractivity contribution in [1.29, 1.82) is 5.26 Å². The van der Waals surface area contributed by atoms with E-state index in [9.17, 15) is 5.26 Å². The molecular weight excluding hydrogens is 240 g/mol. The van der Waals surface area contributed by atoms with Gasteiger partial charge < -0.3 is 16.5 Å². The number of H-pyrrole nitrogens is 1. The van der Waals surface area contributed by atoms with E-state index in [1.807, 2.05) is 36.5 Å². The zero-order valence-corrected chi connectivity index (χ0v) is 9.88. The minimum absolute atomic E-state index is 0.0547. The van der Waals surface area contributed by atoms with Crippen LogP contribution in [0.2, 0.25) is 0 Å². The van der Waals surface area contributed by atoms with Crippen LogP contribution in [0.4, 0.5) is 11.8 Å². The summed E-state index contributed by atoms with van der Waals surface area (Å²) >= 11 is 0. The molecular formula is C13H10N6. The molecule has 6 nitrogen and oxygen atoms in total. The van der Waals surface area contributed by atoms with Crippen molar-refractivity contribution < 1.29 is 0 Å². The number of nitrogens with two attached hydrogens (primary N) is 2. The molecule has 0 aliphatic carbocycles. The molecule has 0 aliphatic rings. The topological polar surface area (TPSA) is 117 Å². The standard InChI is InChI=1S/C13H10N6/c14-6-9-11(18-13(16)19-12(9)15)8-2-1-3-10-7(8)4-5-17-10/h1-5,17H,(H4,15,16,18,19). The van der Waals surface area contributed by atoms with Crippen molar-refractivity contribution >= 4 is 22.7 Å². The van der Waals surface area contributed by atoms with Crippen molar-refractivity contribution in [3.8, 4) is 17.3 Å². The third kappa shape index (κ3) is 1.65. The number of nitrogens with one attached hydrogen (secondary N) is 1. The lowest BCUT2D eigenvalue weighted by Crippen LogP contribution is -2.05. The number of hydrogen-bond donors (Lipinski definition) is 3. The van der Waals surface area contributed by atoms with Gasteiger partial charge in [-0.15, -0.1) is 0 Å². The van der Waals surface area contributed by atoms with Gasteiger partial charge in [0.25, 0.3) is 0 Å². The Hall–Kier alpha value is -3.07. The SMILES string of the molecule is N#Cc1c(N)nc(N)nc1-c1cccc2[nH]ccc12. The van der Waals surface area contributed by atoms with Gasteiger partial charge in [-0.2, -0.15) is 10.2 Å². The van der Waals surface area contributed by atoms with E-state index in [4.69, 9.17) is 11.5 Å². The zero-order valence-electron chi connectivity index (χ0n) is 9.88. The number of hydrogen-bond acceptors (Lipinski definition) is 5. The minimum Gasteiger partial charge on any atom is -0.382 e. The van der Waals surface area contributed by atoms with Crippen molar-refractivity contribution in [2.45, 2.75) is 0 Å². The van der Waals surface area contributed by atoms with Gasteiger partial charge in [0.2, 0.25) is 5.95 Å². The number of fused-ring (bicyclic) bond motifs is 1. The summed E-state index contributed by atoms with van der Waals surface area (Å²) < 4.78 is 0. The van der Waals surface area contributed by atoms with Gasteiger partial charge in [-0.1, -0.05) is 12.1 Å². The second-order valence-electron chi connectivity index (χ2n) is 4.05. The lowest BCUT2D eigenvalue weighted by Gasteiger charge is -2.07. The van der Waals surface area contributed by atoms with Crippen LogP contribution < -0.4 is 11.5 Å². The summed E-state index contributed by atoms with van der Waals surface area (Å²) in [5, 5.41) is 10.2. The molecule has 92 valence electrons. The third-order valence-electron chi connectivity index (χ3n) is 2.92. The normalized spacial score (nSPS) is 10.5. The molecule has 0 unspecified atom stereocenters. The van der Waals surface area contributed by atoms with Crippen molar-refractivity contribution in [2.24, 2.45) is 0 Å². The first-order valence-electron chi connectivity index (χ1n) is 5.60. The predicted molar refractivity (Wildman–Crippen MR) is 72.9 cm³/mol. The summed E-state index contributed by atoms with van der Waals surface area (Å²) in [5.41, 5.74) is 13.8. The first-order chi connectivity index (χ1) is 9.20. The predicted octanol–water partition coefficient (Wildman–Crippen LogP) is 1.66. The molecule has 3 aromatic rings. The third-order valence-corrected chi connectivity index (χ3v) is 2.92. The fraction of sp³-hybridized carbons (Fsp3) is 0. The number of rotatable bonds is 1. The molecule has 1 aromatic carbocycles. The lowest BCUT2D eigenvalue weighted by atomic mass is 10.0. The van der Waals surface area contributed by atoms with Gasteiger partial charge in [-0.3, -0.25) is 0 Å². The highest BCUT2D eigenvalue weighted by molar-refractivity contribution is 5.96. The summed E-state index contributed by atoms with van der Waals surface area (Å²) in [6.45, 7) is 0. The van der Waals surface area contributed by atoms with Gasteiger partial charge in [-0.05, 0) is 12.1 Å². The Morgan fingerprint density at radius 3 is 2.79 bits per heavy atom. The maximum absolute atomic E-state index is 9.22. The Kier molecular flexibility index (Phi) is 2.32. The van der Waals surface area contributed by atoms with E-state index in [2.05, 4.69) is 15.0 Å². The van der Waals surface area contributed by atoms with Gasteiger partial charge in [0.1, 0.15) is 17.5 Å². The van der Waals surface area contributed by atoms with Crippen LogP contribution in [-0.4, -0.2) is 15.0 Å². The average molecular weight is 250 g/mol. The van der Waals surface area contributed by atoms with Crippen molar-refractivity contribution in [3.05, 3.63) is 36.0 Å². The van der Waals surface area contributed by atoms with Gasteiger partial charge in [-0.25, -0.2) is 4.98 Å². The number of anilines is 2. The highest BCUT2D eigenvalue weighted by Gasteiger charge is 2.15. The Labute approximate surface area is 108 Å². The molecule has 6 heteroatoms. The second-order valence-corrected chi connectivity index (χ2v) is 4.05. The van der Waals surface area contributed by atoms with Crippen LogP contribution in [0.3, 0.4) is 0 Å². The number of nitrogens with zero attached hydrogens (tertiary/aromatic N) is 3. The number of benzene rings is 1.